The molecule has 26 heavy (non-hydrogen) atoms. The van der Waals surface area contributed by atoms with Gasteiger partial charge in [0.15, 0.2) is 0 Å². The molecule has 1 atom stereocenters. The van der Waals surface area contributed by atoms with Crippen LogP contribution in [0, 0.1) is 18.8 Å². The minimum atomic E-state index is 0.0238. The lowest BCUT2D eigenvalue weighted by Crippen LogP contribution is -2.36. The van der Waals surface area contributed by atoms with Crippen LogP contribution >= 0.6 is 11.3 Å². The summed E-state index contributed by atoms with van der Waals surface area (Å²) in [5, 5.41) is 15.9. The molecule has 0 spiro atoms. The zero-order valence-electron chi connectivity index (χ0n) is 15.8. The van der Waals surface area contributed by atoms with Gasteiger partial charge in [-0.2, -0.15) is 0 Å². The molecule has 2 aromatic rings. The first-order chi connectivity index (χ1) is 12.6. The third-order valence-electron chi connectivity index (χ3n) is 5.36. The molecular weight excluding hydrogens is 344 g/mol. The predicted molar refractivity (Wildman–Crippen MR) is 106 cm³/mol. The van der Waals surface area contributed by atoms with Crippen LogP contribution in [0.1, 0.15) is 54.8 Å². The number of nitrogens with zero attached hydrogens (tertiary/aromatic N) is 2. The maximum absolute atomic E-state index is 12.7. The van der Waals surface area contributed by atoms with Crippen LogP contribution in [0.2, 0.25) is 0 Å². The quantitative estimate of drug-likeness (QED) is 0.801. The van der Waals surface area contributed by atoms with Gasteiger partial charge in [-0.15, -0.1) is 10.2 Å². The summed E-state index contributed by atoms with van der Waals surface area (Å²) in [5.41, 5.74) is 2.48. The van der Waals surface area contributed by atoms with E-state index in [1.165, 1.54) is 48.1 Å². The summed E-state index contributed by atoms with van der Waals surface area (Å²) in [4.78, 5) is 12.7. The van der Waals surface area contributed by atoms with Gasteiger partial charge in [0.2, 0.25) is 11.0 Å². The fourth-order valence-electron chi connectivity index (χ4n) is 3.79. The molecule has 1 amide bonds. The topological polar surface area (TPSA) is 66.9 Å². The second kappa shape index (κ2) is 8.62. The van der Waals surface area contributed by atoms with Gasteiger partial charge in [0.25, 0.3) is 0 Å². The number of aryl methyl sites for hydroxylation is 1. The summed E-state index contributed by atoms with van der Waals surface area (Å²) in [7, 11) is 1.81. The number of anilines is 1. The number of benzene rings is 1. The fourth-order valence-corrected chi connectivity index (χ4v) is 4.48. The molecule has 1 saturated carbocycles. The van der Waals surface area contributed by atoms with E-state index in [2.05, 4.69) is 58.9 Å². The zero-order chi connectivity index (χ0) is 18.5. The normalized spacial score (nSPS) is 21.2. The Bertz CT molecular complexity index is 737. The Hall–Kier alpha value is -1.95. The molecule has 1 aliphatic carbocycles. The van der Waals surface area contributed by atoms with E-state index in [-0.39, 0.29) is 18.4 Å². The third kappa shape index (κ3) is 4.61. The minimum Gasteiger partial charge on any atom is -0.363 e. The Morgan fingerprint density at radius 3 is 2.62 bits per heavy atom. The number of hydrogen-bond donors (Lipinski definition) is 2. The van der Waals surface area contributed by atoms with E-state index >= 15 is 0 Å². The molecule has 1 heterocycles. The van der Waals surface area contributed by atoms with Crippen LogP contribution < -0.4 is 10.6 Å². The monoisotopic (exact) mass is 372 g/mol. The molecule has 0 bridgehead atoms. The number of carbonyl (C=O) groups is 1. The molecule has 0 aliphatic heterocycles. The fraction of sp³-hybridized carbons (Fsp3) is 0.550. The van der Waals surface area contributed by atoms with Crippen LogP contribution in [-0.2, 0) is 11.2 Å². The van der Waals surface area contributed by atoms with Crippen molar-refractivity contribution in [3.63, 3.8) is 0 Å². The molecule has 1 aromatic carbocycles. The number of aromatic nitrogens is 2. The highest BCUT2D eigenvalue weighted by atomic mass is 32.1. The van der Waals surface area contributed by atoms with Crippen molar-refractivity contribution < 1.29 is 4.79 Å². The van der Waals surface area contributed by atoms with Crippen molar-refractivity contribution in [1.29, 1.82) is 0 Å². The Morgan fingerprint density at radius 1 is 1.23 bits per heavy atom. The Balaban J connectivity index is 1.74. The van der Waals surface area contributed by atoms with Crippen LogP contribution in [0.4, 0.5) is 5.13 Å². The van der Waals surface area contributed by atoms with E-state index in [1.807, 2.05) is 7.05 Å². The van der Waals surface area contributed by atoms with E-state index in [0.29, 0.717) is 5.92 Å². The van der Waals surface area contributed by atoms with E-state index in [0.717, 1.165) is 16.1 Å². The lowest BCUT2D eigenvalue weighted by atomic mass is 9.76. The molecule has 2 N–H and O–H groups in total. The third-order valence-corrected chi connectivity index (χ3v) is 6.31. The van der Waals surface area contributed by atoms with Crippen LogP contribution in [0.15, 0.2) is 24.3 Å². The first kappa shape index (κ1) is 18.8. The molecule has 1 aromatic heterocycles. The zero-order valence-corrected chi connectivity index (χ0v) is 16.6. The van der Waals surface area contributed by atoms with E-state index < -0.39 is 0 Å². The van der Waals surface area contributed by atoms with Crippen molar-refractivity contribution in [3.8, 4) is 0 Å². The van der Waals surface area contributed by atoms with Crippen molar-refractivity contribution in [1.82, 2.24) is 15.5 Å². The highest BCUT2D eigenvalue weighted by molar-refractivity contribution is 7.15. The van der Waals surface area contributed by atoms with Crippen LogP contribution in [0.5, 0.6) is 0 Å². The van der Waals surface area contributed by atoms with Gasteiger partial charge in [0.05, 0.1) is 12.5 Å². The Kier molecular flexibility index (Phi) is 6.25. The molecule has 140 valence electrons. The summed E-state index contributed by atoms with van der Waals surface area (Å²) < 4.78 is 0. The van der Waals surface area contributed by atoms with Gasteiger partial charge in [0, 0.05) is 7.05 Å². The van der Waals surface area contributed by atoms with E-state index in [9.17, 15) is 4.79 Å². The van der Waals surface area contributed by atoms with Gasteiger partial charge in [-0.05, 0) is 42.7 Å². The maximum Gasteiger partial charge on any atom is 0.227 e. The number of carbonyl (C=O) groups excluding carboxylic acids is 1. The highest BCUT2D eigenvalue weighted by Gasteiger charge is 2.29. The van der Waals surface area contributed by atoms with Gasteiger partial charge in [-0.25, -0.2) is 0 Å². The van der Waals surface area contributed by atoms with Gasteiger partial charge in [-0.1, -0.05) is 55.4 Å². The summed E-state index contributed by atoms with van der Waals surface area (Å²) in [6, 6.07) is 8.48. The van der Waals surface area contributed by atoms with Crippen LogP contribution in [0.25, 0.3) is 0 Å². The highest BCUT2D eigenvalue weighted by Crippen LogP contribution is 2.37. The summed E-state index contributed by atoms with van der Waals surface area (Å²) in [5.74, 6) is 1.31. The van der Waals surface area contributed by atoms with Crippen molar-refractivity contribution in [2.45, 2.75) is 52.0 Å². The first-order valence-corrected chi connectivity index (χ1v) is 10.2. The van der Waals surface area contributed by atoms with E-state index in [4.69, 9.17) is 0 Å². The number of hydrogen-bond acceptors (Lipinski definition) is 5. The minimum absolute atomic E-state index is 0.0238. The van der Waals surface area contributed by atoms with E-state index in [1.54, 1.807) is 0 Å². The second-order valence-corrected chi connectivity index (χ2v) is 8.41. The van der Waals surface area contributed by atoms with Crippen molar-refractivity contribution in [3.05, 3.63) is 40.4 Å². The predicted octanol–water partition coefficient (Wildman–Crippen LogP) is 4.11. The molecule has 6 heteroatoms. The van der Waals surface area contributed by atoms with Crippen LogP contribution in [0.3, 0.4) is 0 Å². The Morgan fingerprint density at radius 2 is 1.96 bits per heavy atom. The average molecular weight is 373 g/mol. The molecule has 5 nitrogen and oxygen atoms in total. The molecule has 0 radical (unpaired) electrons. The second-order valence-electron chi connectivity index (χ2n) is 7.35. The van der Waals surface area contributed by atoms with Gasteiger partial charge >= 0.3 is 0 Å². The van der Waals surface area contributed by atoms with Crippen molar-refractivity contribution in [2.24, 2.45) is 11.8 Å². The van der Waals surface area contributed by atoms with Gasteiger partial charge in [0.1, 0.15) is 5.01 Å². The molecular formula is C20H28N4OS. The molecule has 1 aliphatic rings. The lowest BCUT2D eigenvalue weighted by Gasteiger charge is -2.34. The molecule has 3 rings (SSSR count). The average Bonchev–Trinajstić information content (AvgIpc) is 3.09. The SMILES string of the molecule is CNc1nnc(CC(=O)NC(c2ccccc2C)C2CCC(C)CC2)s1. The summed E-state index contributed by atoms with van der Waals surface area (Å²) in [6.07, 6.45) is 5.10. The van der Waals surface area contributed by atoms with Gasteiger partial charge < -0.3 is 10.6 Å². The maximum atomic E-state index is 12.7. The summed E-state index contributed by atoms with van der Waals surface area (Å²) >= 11 is 1.43. The Labute approximate surface area is 159 Å². The number of amides is 1. The van der Waals surface area contributed by atoms with Gasteiger partial charge in [-0.3, -0.25) is 4.79 Å². The van der Waals surface area contributed by atoms with Crippen molar-refractivity contribution in [2.75, 3.05) is 12.4 Å². The smallest absolute Gasteiger partial charge is 0.227 e. The molecule has 1 unspecified atom stereocenters. The van der Waals surface area contributed by atoms with Crippen molar-refractivity contribution >= 4 is 22.4 Å². The number of nitrogens with one attached hydrogen (secondary N) is 2. The largest absolute Gasteiger partial charge is 0.363 e. The lowest BCUT2D eigenvalue weighted by molar-refractivity contribution is -0.121. The molecule has 0 saturated heterocycles. The molecule has 1 fully saturated rings. The summed E-state index contributed by atoms with van der Waals surface area (Å²) in [6.45, 7) is 4.45. The number of rotatable bonds is 6. The van der Waals surface area contributed by atoms with Crippen LogP contribution in [-0.4, -0.2) is 23.2 Å². The first-order valence-electron chi connectivity index (χ1n) is 9.42. The standard InChI is InChI=1S/C20H28N4OS/c1-13-8-10-15(11-9-13)19(16-7-5-4-6-14(16)2)22-17(25)12-18-23-24-20(21-3)26-18/h4-7,13,15,19H,8-12H2,1-3H3,(H,21,24)(H,22,25).